The number of nitrogens with zero attached hydrogens (tertiary/aromatic N) is 2. The smallest absolute Gasteiger partial charge is 0.328 e. The Morgan fingerprint density at radius 2 is 1.77 bits per heavy atom. The average molecular weight is 447 g/mol. The van der Waals surface area contributed by atoms with Crippen molar-refractivity contribution in [3.63, 3.8) is 0 Å². The topological polar surface area (TPSA) is 110 Å². The number of hydrogen-bond donors (Lipinski definition) is 2. The van der Waals surface area contributed by atoms with Crippen molar-refractivity contribution in [2.75, 3.05) is 12.4 Å². The highest BCUT2D eigenvalue weighted by molar-refractivity contribution is 7.89. The van der Waals surface area contributed by atoms with Gasteiger partial charge in [0.25, 0.3) is 0 Å². The summed E-state index contributed by atoms with van der Waals surface area (Å²) in [4.78, 5) is 20.9. The van der Waals surface area contributed by atoms with Crippen LogP contribution in [0.15, 0.2) is 53.4 Å². The van der Waals surface area contributed by atoms with Crippen molar-refractivity contribution in [1.29, 1.82) is 0 Å². The molecule has 0 unspecified atom stereocenters. The minimum atomic E-state index is -3.89. The van der Waals surface area contributed by atoms with Crippen LogP contribution in [-0.2, 0) is 26.1 Å². The van der Waals surface area contributed by atoms with Gasteiger partial charge in [-0.05, 0) is 42.3 Å². The molecular formula is C21H23FN4O4S. The highest BCUT2D eigenvalue weighted by Gasteiger charge is 2.24. The summed E-state index contributed by atoms with van der Waals surface area (Å²) in [6.45, 7) is 3.55. The van der Waals surface area contributed by atoms with E-state index in [0.29, 0.717) is 16.7 Å². The fourth-order valence-corrected chi connectivity index (χ4v) is 3.92. The number of para-hydroxylation sites is 1. The molecule has 1 atom stereocenters. The summed E-state index contributed by atoms with van der Waals surface area (Å²) in [5.41, 5.74) is 0.586. The number of aromatic nitrogens is 2. The average Bonchev–Trinajstić information content (AvgIpc) is 2.75. The van der Waals surface area contributed by atoms with Crippen LogP contribution >= 0.6 is 0 Å². The van der Waals surface area contributed by atoms with Crippen molar-refractivity contribution in [3.8, 4) is 0 Å². The summed E-state index contributed by atoms with van der Waals surface area (Å²) in [5, 5.41) is 3.79. The van der Waals surface area contributed by atoms with Gasteiger partial charge >= 0.3 is 5.97 Å². The molecule has 0 aliphatic heterocycles. The SMILES string of the molecule is COC(=O)[C@@H](Nc1nc(CNS(=O)(=O)c2ccc(F)cc2)nc2ccccc12)C(C)C. The molecule has 0 bridgehead atoms. The van der Waals surface area contributed by atoms with Crippen molar-refractivity contribution in [2.24, 2.45) is 5.92 Å². The monoisotopic (exact) mass is 446 g/mol. The van der Waals surface area contributed by atoms with Crippen LogP contribution in [0.5, 0.6) is 0 Å². The predicted octanol–water partition coefficient (Wildman–Crippen LogP) is 2.86. The Hall–Kier alpha value is -3.11. The minimum Gasteiger partial charge on any atom is -0.467 e. The number of esters is 1. The van der Waals surface area contributed by atoms with E-state index in [4.69, 9.17) is 4.74 Å². The number of nitrogens with one attached hydrogen (secondary N) is 2. The summed E-state index contributed by atoms with van der Waals surface area (Å²) >= 11 is 0. The maximum atomic E-state index is 13.1. The van der Waals surface area contributed by atoms with Crippen LogP contribution in [0.3, 0.4) is 0 Å². The van der Waals surface area contributed by atoms with Gasteiger partial charge in [-0.25, -0.2) is 32.3 Å². The molecule has 0 radical (unpaired) electrons. The van der Waals surface area contributed by atoms with Crippen molar-refractivity contribution in [1.82, 2.24) is 14.7 Å². The normalized spacial score (nSPS) is 12.7. The molecule has 31 heavy (non-hydrogen) atoms. The van der Waals surface area contributed by atoms with E-state index < -0.39 is 27.9 Å². The molecule has 2 N–H and O–H groups in total. The van der Waals surface area contributed by atoms with Gasteiger partial charge in [0.1, 0.15) is 23.5 Å². The number of methoxy groups -OCH3 is 1. The molecule has 3 aromatic rings. The maximum absolute atomic E-state index is 13.1. The van der Waals surface area contributed by atoms with Crippen LogP contribution in [0.1, 0.15) is 19.7 Å². The highest BCUT2D eigenvalue weighted by Crippen LogP contribution is 2.23. The zero-order valence-electron chi connectivity index (χ0n) is 17.3. The lowest BCUT2D eigenvalue weighted by molar-refractivity contribution is -0.142. The second-order valence-corrected chi connectivity index (χ2v) is 8.94. The Morgan fingerprint density at radius 3 is 2.42 bits per heavy atom. The number of ether oxygens (including phenoxy) is 1. The van der Waals surface area contributed by atoms with E-state index in [1.807, 2.05) is 19.9 Å². The zero-order valence-corrected chi connectivity index (χ0v) is 18.1. The summed E-state index contributed by atoms with van der Waals surface area (Å²) in [5.74, 6) is -0.444. The number of sulfonamides is 1. The highest BCUT2D eigenvalue weighted by atomic mass is 32.2. The zero-order chi connectivity index (χ0) is 22.6. The van der Waals surface area contributed by atoms with Crippen molar-refractivity contribution in [2.45, 2.75) is 31.3 Å². The maximum Gasteiger partial charge on any atom is 0.328 e. The number of carbonyl (C=O) groups excluding carboxylic acids is 1. The second kappa shape index (κ2) is 9.36. The predicted molar refractivity (Wildman–Crippen MR) is 114 cm³/mol. The molecule has 0 aliphatic carbocycles. The fourth-order valence-electron chi connectivity index (χ4n) is 2.94. The molecular weight excluding hydrogens is 423 g/mol. The van der Waals surface area contributed by atoms with Crippen molar-refractivity contribution < 1.29 is 22.3 Å². The summed E-state index contributed by atoms with van der Waals surface area (Å²) in [6, 6.07) is 11.0. The van der Waals surface area contributed by atoms with Crippen LogP contribution in [0, 0.1) is 11.7 Å². The lowest BCUT2D eigenvalue weighted by Gasteiger charge is -2.21. The first kappa shape index (κ1) is 22.6. The molecule has 0 fully saturated rings. The van der Waals surface area contributed by atoms with Crippen LogP contribution in [-0.4, -0.2) is 37.5 Å². The van der Waals surface area contributed by atoms with Gasteiger partial charge in [0.2, 0.25) is 10.0 Å². The van der Waals surface area contributed by atoms with Crippen LogP contribution in [0.4, 0.5) is 10.2 Å². The molecule has 10 heteroatoms. The molecule has 164 valence electrons. The first-order valence-electron chi connectivity index (χ1n) is 9.56. The molecule has 8 nitrogen and oxygen atoms in total. The quantitative estimate of drug-likeness (QED) is 0.512. The number of rotatable bonds is 8. The van der Waals surface area contributed by atoms with Crippen LogP contribution < -0.4 is 10.0 Å². The van der Waals surface area contributed by atoms with Gasteiger partial charge in [0.05, 0.1) is 24.1 Å². The number of hydrogen-bond acceptors (Lipinski definition) is 7. The largest absolute Gasteiger partial charge is 0.467 e. The standard InChI is InChI=1S/C21H23FN4O4S/c1-13(2)19(21(27)30-3)26-20-16-6-4-5-7-17(16)24-18(25-20)12-23-31(28,29)15-10-8-14(22)9-11-15/h4-11,13,19,23H,12H2,1-3H3,(H,24,25,26)/t19-/m0/s1. The van der Waals surface area contributed by atoms with E-state index in [9.17, 15) is 17.6 Å². The third kappa shape index (κ3) is 5.33. The van der Waals surface area contributed by atoms with Gasteiger partial charge < -0.3 is 10.1 Å². The molecule has 1 heterocycles. The lowest BCUT2D eigenvalue weighted by Crippen LogP contribution is -2.36. The van der Waals surface area contributed by atoms with Crippen LogP contribution in [0.2, 0.25) is 0 Å². The third-order valence-electron chi connectivity index (χ3n) is 4.61. The van der Waals surface area contributed by atoms with E-state index >= 15 is 0 Å². The van der Waals surface area contributed by atoms with Gasteiger partial charge in [-0.3, -0.25) is 0 Å². The second-order valence-electron chi connectivity index (χ2n) is 7.17. The first-order valence-corrected chi connectivity index (χ1v) is 11.0. The number of fused-ring (bicyclic) bond motifs is 1. The first-order chi connectivity index (χ1) is 14.7. The molecule has 0 amide bonds. The molecule has 2 aromatic carbocycles. The number of benzene rings is 2. The van der Waals surface area contributed by atoms with Gasteiger partial charge in [0.15, 0.2) is 0 Å². The molecule has 0 spiro atoms. The number of carbonyl (C=O) groups is 1. The Morgan fingerprint density at radius 1 is 1.10 bits per heavy atom. The van der Waals surface area contributed by atoms with E-state index in [0.717, 1.165) is 12.1 Å². The van der Waals surface area contributed by atoms with E-state index in [2.05, 4.69) is 20.0 Å². The summed E-state index contributed by atoms with van der Waals surface area (Å²) in [7, 11) is -2.57. The Labute approximate surface area is 179 Å². The molecule has 0 aliphatic rings. The summed E-state index contributed by atoms with van der Waals surface area (Å²) in [6.07, 6.45) is 0. The number of anilines is 1. The molecule has 0 saturated carbocycles. The Balaban J connectivity index is 1.91. The number of halogens is 1. The van der Waals surface area contributed by atoms with Crippen LogP contribution in [0.25, 0.3) is 10.9 Å². The summed E-state index contributed by atoms with van der Waals surface area (Å²) < 4.78 is 45.4. The molecule has 3 rings (SSSR count). The Kier molecular flexibility index (Phi) is 6.81. The molecule has 0 saturated heterocycles. The molecule has 1 aromatic heterocycles. The van der Waals surface area contributed by atoms with Crippen molar-refractivity contribution >= 4 is 32.7 Å². The fraction of sp³-hybridized carbons (Fsp3) is 0.286. The van der Waals surface area contributed by atoms with E-state index in [1.54, 1.807) is 18.2 Å². The van der Waals surface area contributed by atoms with E-state index in [1.165, 1.54) is 19.2 Å². The van der Waals surface area contributed by atoms with Gasteiger partial charge in [-0.15, -0.1) is 0 Å². The van der Waals surface area contributed by atoms with Gasteiger partial charge in [-0.1, -0.05) is 26.0 Å². The lowest BCUT2D eigenvalue weighted by atomic mass is 10.0. The van der Waals surface area contributed by atoms with Crippen molar-refractivity contribution in [3.05, 3.63) is 60.2 Å². The van der Waals surface area contributed by atoms with Gasteiger partial charge in [0, 0.05) is 5.39 Å². The van der Waals surface area contributed by atoms with E-state index in [-0.39, 0.29) is 23.2 Å². The third-order valence-corrected chi connectivity index (χ3v) is 6.02. The van der Waals surface area contributed by atoms with Gasteiger partial charge in [-0.2, -0.15) is 0 Å². The Bertz CT molecular complexity index is 1180. The minimum absolute atomic E-state index is 0.0707.